The van der Waals surface area contributed by atoms with Crippen LogP contribution in [0.1, 0.15) is 37.0 Å². The number of imidazole rings is 1. The van der Waals surface area contributed by atoms with Gasteiger partial charge in [-0.3, -0.25) is 14.5 Å². The van der Waals surface area contributed by atoms with Crippen LogP contribution in [0.5, 0.6) is 0 Å². The zero-order valence-corrected chi connectivity index (χ0v) is 14.7. The average Bonchev–Trinajstić information content (AvgIpc) is 2.76. The van der Waals surface area contributed by atoms with E-state index in [0.717, 1.165) is 5.69 Å². The smallest absolute Gasteiger partial charge is 0.272 e. The first kappa shape index (κ1) is 17.5. The van der Waals surface area contributed by atoms with E-state index in [2.05, 4.69) is 15.2 Å². The minimum atomic E-state index is -0.216. The predicted molar refractivity (Wildman–Crippen MR) is 88.2 cm³/mol. The van der Waals surface area contributed by atoms with E-state index in [1.807, 2.05) is 39.6 Å². The summed E-state index contributed by atoms with van der Waals surface area (Å²) in [6.45, 7) is 10.8. The topological polar surface area (TPSA) is 70.5 Å². The van der Waals surface area contributed by atoms with Crippen LogP contribution in [-0.4, -0.2) is 69.4 Å². The van der Waals surface area contributed by atoms with Gasteiger partial charge in [-0.2, -0.15) is 0 Å². The molecule has 0 atom stereocenters. The number of hydrogen-bond donors (Lipinski definition) is 1. The summed E-state index contributed by atoms with van der Waals surface area (Å²) in [7, 11) is 1.83. The number of aromatic nitrogens is 2. The van der Waals surface area contributed by atoms with Crippen molar-refractivity contribution >= 4 is 11.8 Å². The molecular formula is C16H27N5O2. The van der Waals surface area contributed by atoms with Crippen LogP contribution in [0.4, 0.5) is 0 Å². The highest BCUT2D eigenvalue weighted by Crippen LogP contribution is 2.11. The van der Waals surface area contributed by atoms with Gasteiger partial charge >= 0.3 is 0 Å². The molecule has 0 aromatic carbocycles. The summed E-state index contributed by atoms with van der Waals surface area (Å²) in [6.07, 6.45) is 1.66. The molecule has 1 saturated heterocycles. The molecule has 0 unspecified atom stereocenters. The highest BCUT2D eigenvalue weighted by atomic mass is 16.2. The van der Waals surface area contributed by atoms with Crippen LogP contribution in [-0.2, 0) is 11.8 Å². The molecule has 23 heavy (non-hydrogen) atoms. The minimum Gasteiger partial charge on any atom is -0.350 e. The zero-order chi connectivity index (χ0) is 17.2. The van der Waals surface area contributed by atoms with Crippen molar-refractivity contribution in [1.82, 2.24) is 24.7 Å². The monoisotopic (exact) mass is 321 g/mol. The van der Waals surface area contributed by atoms with E-state index in [9.17, 15) is 9.59 Å². The Bertz CT molecular complexity index is 560. The third-order valence-corrected chi connectivity index (χ3v) is 3.86. The molecule has 2 rings (SSSR count). The van der Waals surface area contributed by atoms with E-state index < -0.39 is 0 Å². The molecular weight excluding hydrogens is 294 g/mol. The van der Waals surface area contributed by atoms with Gasteiger partial charge in [0.05, 0.1) is 18.6 Å². The molecule has 1 aliphatic heterocycles. The van der Waals surface area contributed by atoms with Crippen molar-refractivity contribution in [3.63, 3.8) is 0 Å². The van der Waals surface area contributed by atoms with Crippen LogP contribution >= 0.6 is 0 Å². The van der Waals surface area contributed by atoms with E-state index in [0.29, 0.717) is 38.4 Å². The standard InChI is InChI=1S/C16H27N5O2/c1-12-14(19(5)11-17-12)15(23)21-8-6-20(7-9-21)10-13(22)18-16(2,3)4/h11H,6-10H2,1-5H3,(H,18,22). The Labute approximate surface area is 137 Å². The molecule has 0 spiro atoms. The van der Waals surface area contributed by atoms with Gasteiger partial charge < -0.3 is 14.8 Å². The van der Waals surface area contributed by atoms with Crippen LogP contribution in [0.3, 0.4) is 0 Å². The van der Waals surface area contributed by atoms with Crippen molar-refractivity contribution in [3.05, 3.63) is 17.7 Å². The molecule has 2 heterocycles. The van der Waals surface area contributed by atoms with E-state index in [1.54, 1.807) is 10.9 Å². The van der Waals surface area contributed by atoms with Crippen molar-refractivity contribution < 1.29 is 9.59 Å². The van der Waals surface area contributed by atoms with Crippen molar-refractivity contribution in [1.29, 1.82) is 0 Å². The number of carbonyl (C=O) groups is 2. The zero-order valence-electron chi connectivity index (χ0n) is 14.7. The van der Waals surface area contributed by atoms with Gasteiger partial charge in [0.1, 0.15) is 5.69 Å². The first-order valence-electron chi connectivity index (χ1n) is 7.98. The molecule has 7 nitrogen and oxygen atoms in total. The lowest BCUT2D eigenvalue weighted by molar-refractivity contribution is -0.124. The summed E-state index contributed by atoms with van der Waals surface area (Å²) in [5, 5.41) is 2.96. The summed E-state index contributed by atoms with van der Waals surface area (Å²) >= 11 is 0. The third-order valence-electron chi connectivity index (χ3n) is 3.86. The molecule has 2 amide bonds. The second-order valence-corrected chi connectivity index (χ2v) is 7.16. The van der Waals surface area contributed by atoms with Crippen molar-refractivity contribution in [2.45, 2.75) is 33.2 Å². The molecule has 0 saturated carbocycles. The number of piperazine rings is 1. The second kappa shape index (κ2) is 6.70. The maximum absolute atomic E-state index is 12.6. The van der Waals surface area contributed by atoms with E-state index >= 15 is 0 Å². The SMILES string of the molecule is Cc1ncn(C)c1C(=O)N1CCN(CC(=O)NC(C)(C)C)CC1. The Hall–Kier alpha value is -1.89. The fraction of sp³-hybridized carbons (Fsp3) is 0.688. The fourth-order valence-corrected chi connectivity index (χ4v) is 2.77. The molecule has 7 heteroatoms. The highest BCUT2D eigenvalue weighted by molar-refractivity contribution is 5.93. The van der Waals surface area contributed by atoms with Crippen molar-refractivity contribution in [2.24, 2.45) is 7.05 Å². The van der Waals surface area contributed by atoms with Gasteiger partial charge in [-0.15, -0.1) is 0 Å². The average molecular weight is 321 g/mol. The first-order valence-corrected chi connectivity index (χ1v) is 7.98. The summed E-state index contributed by atoms with van der Waals surface area (Å²) in [5.41, 5.74) is 1.18. The van der Waals surface area contributed by atoms with Crippen molar-refractivity contribution in [3.8, 4) is 0 Å². The highest BCUT2D eigenvalue weighted by Gasteiger charge is 2.26. The van der Waals surface area contributed by atoms with Crippen molar-refractivity contribution in [2.75, 3.05) is 32.7 Å². The second-order valence-electron chi connectivity index (χ2n) is 7.16. The first-order chi connectivity index (χ1) is 10.7. The quantitative estimate of drug-likeness (QED) is 0.875. The molecule has 0 bridgehead atoms. The molecule has 0 radical (unpaired) electrons. The number of carbonyl (C=O) groups excluding carboxylic acids is 2. The number of nitrogens with one attached hydrogen (secondary N) is 1. The molecule has 128 valence electrons. The Morgan fingerprint density at radius 1 is 1.22 bits per heavy atom. The van der Waals surface area contributed by atoms with Gasteiger partial charge in [-0.05, 0) is 27.7 Å². The van der Waals surface area contributed by atoms with E-state index in [1.165, 1.54) is 0 Å². The van der Waals surface area contributed by atoms with Gasteiger partial charge in [0, 0.05) is 38.8 Å². The summed E-state index contributed by atoms with van der Waals surface area (Å²) in [5.74, 6) is 0.0426. The van der Waals surface area contributed by atoms with Crippen LogP contribution in [0.2, 0.25) is 0 Å². The minimum absolute atomic E-state index is 0.0151. The predicted octanol–water partition coefficient (Wildman–Crippen LogP) is 0.401. The Morgan fingerprint density at radius 2 is 1.83 bits per heavy atom. The third kappa shape index (κ3) is 4.54. The Balaban J connectivity index is 1.87. The normalized spacial score (nSPS) is 16.5. The molecule has 1 aromatic rings. The van der Waals surface area contributed by atoms with Crippen LogP contribution < -0.4 is 5.32 Å². The van der Waals surface area contributed by atoms with E-state index in [4.69, 9.17) is 0 Å². The fourth-order valence-electron chi connectivity index (χ4n) is 2.77. The maximum Gasteiger partial charge on any atom is 0.272 e. The largest absolute Gasteiger partial charge is 0.350 e. The Morgan fingerprint density at radius 3 is 2.30 bits per heavy atom. The van der Waals surface area contributed by atoms with Crippen LogP contribution in [0.15, 0.2) is 6.33 Å². The molecule has 1 aliphatic rings. The van der Waals surface area contributed by atoms with Gasteiger partial charge in [0.2, 0.25) is 5.91 Å². The molecule has 1 fully saturated rings. The Kier molecular flexibility index (Phi) is 5.09. The van der Waals surface area contributed by atoms with Gasteiger partial charge in [0.25, 0.3) is 5.91 Å². The maximum atomic E-state index is 12.6. The number of nitrogens with zero attached hydrogens (tertiary/aromatic N) is 4. The number of amides is 2. The van der Waals surface area contributed by atoms with Gasteiger partial charge in [0.15, 0.2) is 0 Å². The summed E-state index contributed by atoms with van der Waals surface area (Å²) < 4.78 is 1.76. The lowest BCUT2D eigenvalue weighted by Crippen LogP contribution is -2.53. The van der Waals surface area contributed by atoms with Crippen LogP contribution in [0, 0.1) is 6.92 Å². The van der Waals surface area contributed by atoms with E-state index in [-0.39, 0.29) is 17.4 Å². The van der Waals surface area contributed by atoms with Gasteiger partial charge in [-0.25, -0.2) is 4.98 Å². The number of rotatable bonds is 3. The molecule has 1 N–H and O–H groups in total. The lowest BCUT2D eigenvalue weighted by atomic mass is 10.1. The van der Waals surface area contributed by atoms with Gasteiger partial charge in [-0.1, -0.05) is 0 Å². The lowest BCUT2D eigenvalue weighted by Gasteiger charge is -2.35. The number of hydrogen-bond acceptors (Lipinski definition) is 4. The molecule has 0 aliphatic carbocycles. The molecule has 1 aromatic heterocycles. The number of aryl methyl sites for hydroxylation is 2. The van der Waals surface area contributed by atoms with Crippen LogP contribution in [0.25, 0.3) is 0 Å². The summed E-state index contributed by atoms with van der Waals surface area (Å²) in [4.78, 5) is 32.7. The summed E-state index contributed by atoms with van der Waals surface area (Å²) in [6, 6.07) is 0.